The molecule has 0 radical (unpaired) electrons. The van der Waals surface area contributed by atoms with Crippen LogP contribution in [0.4, 0.5) is 4.79 Å². The molecule has 0 aromatic rings. The third-order valence-corrected chi connectivity index (χ3v) is 13.8. The van der Waals surface area contributed by atoms with Crippen molar-refractivity contribution in [3.8, 4) is 0 Å². The molecule has 14 heteroatoms. The van der Waals surface area contributed by atoms with Gasteiger partial charge in [0.2, 0.25) is 17.6 Å². The number of carbonyl (C=O) groups excluding carboxylic acids is 5. The highest BCUT2D eigenvalue weighted by Gasteiger charge is 2.70. The number of rotatable bonds is 14. The van der Waals surface area contributed by atoms with Crippen LogP contribution in [0.5, 0.6) is 0 Å². The fourth-order valence-electron chi connectivity index (χ4n) is 7.49. The highest BCUT2D eigenvalue weighted by atomic mass is 35.5. The van der Waals surface area contributed by atoms with Crippen LogP contribution < -0.4 is 21.3 Å². The van der Waals surface area contributed by atoms with Gasteiger partial charge in [-0.05, 0) is 62.7 Å². The maximum Gasteiger partial charge on any atom is 0.315 e. The molecule has 1 heterocycles. The van der Waals surface area contributed by atoms with E-state index in [9.17, 15) is 32.4 Å². The average Bonchev–Trinajstić information content (AvgIpc) is 3.30. The molecule has 0 aromatic carbocycles. The summed E-state index contributed by atoms with van der Waals surface area (Å²) in [5.74, 6) is -2.68. The van der Waals surface area contributed by atoms with Gasteiger partial charge in [0.1, 0.15) is 12.1 Å². The van der Waals surface area contributed by atoms with Crippen LogP contribution in [0.15, 0.2) is 0 Å². The number of piperidine rings is 1. The monoisotopic (exact) mass is 729 g/mol. The molecule has 280 valence electrons. The summed E-state index contributed by atoms with van der Waals surface area (Å²) >= 11 is 5.68. The van der Waals surface area contributed by atoms with Crippen LogP contribution in [0.3, 0.4) is 0 Å². The van der Waals surface area contributed by atoms with Crippen molar-refractivity contribution >= 4 is 51.0 Å². The van der Waals surface area contributed by atoms with Gasteiger partial charge in [0.25, 0.3) is 5.91 Å². The fraction of sp³-hybridized carbons (Fsp3) is 0.857. The summed E-state index contributed by atoms with van der Waals surface area (Å²) in [6.45, 7) is 16.9. The molecule has 1 unspecified atom stereocenters. The highest BCUT2D eigenvalue weighted by Crippen LogP contribution is 2.65. The number of hydrogen-bond acceptors (Lipinski definition) is 7. The van der Waals surface area contributed by atoms with Gasteiger partial charge in [0, 0.05) is 19.0 Å². The lowest BCUT2D eigenvalue weighted by Crippen LogP contribution is -2.64. The number of carbonyl (C=O) groups is 5. The van der Waals surface area contributed by atoms with Crippen molar-refractivity contribution in [1.29, 1.82) is 0 Å². The molecule has 49 heavy (non-hydrogen) atoms. The second-order valence-corrected chi connectivity index (χ2v) is 20.1. The molecular weight excluding hydrogens is 670 g/mol. The summed E-state index contributed by atoms with van der Waals surface area (Å²) in [4.78, 5) is 69.4. The number of nitrogens with zero attached hydrogens (tertiary/aromatic N) is 1. The Morgan fingerprint density at radius 3 is 2.10 bits per heavy atom. The first-order valence-corrected chi connectivity index (χ1v) is 20.0. The number of nitrogens with one attached hydrogen (secondary N) is 4. The van der Waals surface area contributed by atoms with Gasteiger partial charge >= 0.3 is 6.03 Å². The number of urea groups is 1. The number of halogens is 1. The molecule has 3 fully saturated rings. The number of alkyl halides is 1. The Labute approximate surface area is 298 Å². The van der Waals surface area contributed by atoms with Crippen LogP contribution in [-0.4, -0.2) is 96.0 Å². The van der Waals surface area contributed by atoms with Crippen molar-refractivity contribution in [3.05, 3.63) is 0 Å². The third kappa shape index (κ3) is 9.48. The topological polar surface area (TPSA) is 171 Å². The van der Waals surface area contributed by atoms with E-state index in [1.807, 2.05) is 41.5 Å². The Hall–Kier alpha value is -2.41. The zero-order chi connectivity index (χ0) is 37.2. The molecule has 2 saturated carbocycles. The largest absolute Gasteiger partial charge is 0.348 e. The normalized spacial score (nSPS) is 24.2. The van der Waals surface area contributed by atoms with E-state index < -0.39 is 73.2 Å². The SMILES string of the molecule is CCCCC(NC(=O)[C@@H]1[C@@H]2[C@H](CN1C(=O)[C@@H](NC(=O)NC1(CS(=O)(=O)C(C)(C)C)CCCCC1)C(C)(C)C)C2(C)C)C(=O)C(=O)NCCCl. The van der Waals surface area contributed by atoms with Crippen molar-refractivity contribution in [1.82, 2.24) is 26.2 Å². The zero-order valence-electron chi connectivity index (χ0n) is 31.0. The quantitative estimate of drug-likeness (QED) is 0.156. The van der Waals surface area contributed by atoms with Gasteiger partial charge < -0.3 is 26.2 Å². The Balaban J connectivity index is 1.86. The van der Waals surface area contributed by atoms with E-state index in [0.29, 0.717) is 25.8 Å². The standard InChI is InChI=1S/C35H60ClN5O7S/c1-10-11-15-23(26(42)29(44)37-19-18-36)38-28(43)25-24-22(34(24,8)9)20-41(25)30(45)27(32(2,3)4)39-31(46)40-35(16-13-12-14-17-35)21-49(47,48)33(5,6)7/h22-25,27H,10-21H2,1-9H3,(H,37,44)(H,38,43)(H2,39,40,46)/t22-,23?,24-,25-,27+/m0/s1. The molecule has 1 saturated heterocycles. The van der Waals surface area contributed by atoms with E-state index in [4.69, 9.17) is 11.6 Å². The van der Waals surface area contributed by atoms with Crippen molar-refractivity contribution in [2.45, 2.75) is 142 Å². The van der Waals surface area contributed by atoms with E-state index in [1.165, 1.54) is 4.90 Å². The summed E-state index contributed by atoms with van der Waals surface area (Å²) in [5, 5.41) is 11.2. The van der Waals surface area contributed by atoms with Crippen LogP contribution in [0, 0.1) is 22.7 Å². The van der Waals surface area contributed by atoms with Gasteiger partial charge in [-0.15, -0.1) is 11.6 Å². The first-order chi connectivity index (χ1) is 22.5. The molecule has 0 bridgehead atoms. The molecule has 3 aliphatic rings. The minimum Gasteiger partial charge on any atom is -0.348 e. The highest BCUT2D eigenvalue weighted by molar-refractivity contribution is 7.92. The Morgan fingerprint density at radius 2 is 1.57 bits per heavy atom. The van der Waals surface area contributed by atoms with Crippen LogP contribution in [-0.2, 0) is 29.0 Å². The molecule has 5 atom stereocenters. The van der Waals surface area contributed by atoms with E-state index in [2.05, 4.69) is 21.3 Å². The first kappa shape index (κ1) is 41.0. The number of likely N-dealkylation sites (tertiary alicyclic amines) is 1. The number of amides is 5. The van der Waals surface area contributed by atoms with E-state index in [-0.39, 0.29) is 41.8 Å². The number of hydrogen-bond donors (Lipinski definition) is 4. The molecule has 12 nitrogen and oxygen atoms in total. The maximum absolute atomic E-state index is 14.4. The average molecular weight is 730 g/mol. The van der Waals surface area contributed by atoms with Gasteiger partial charge in [0.05, 0.1) is 22.1 Å². The lowest BCUT2D eigenvalue weighted by Gasteiger charge is -2.41. The van der Waals surface area contributed by atoms with Crippen molar-refractivity contribution < 1.29 is 32.4 Å². The molecule has 4 N–H and O–H groups in total. The summed E-state index contributed by atoms with van der Waals surface area (Å²) < 4.78 is 25.6. The number of fused-ring (bicyclic) bond motifs is 1. The first-order valence-electron chi connectivity index (χ1n) is 17.8. The molecule has 1 aliphatic heterocycles. The van der Waals surface area contributed by atoms with Crippen molar-refractivity contribution in [2.75, 3.05) is 24.7 Å². The van der Waals surface area contributed by atoms with Gasteiger partial charge in [-0.2, -0.15) is 0 Å². The molecular formula is C35H60ClN5O7S. The lowest BCUT2D eigenvalue weighted by atomic mass is 9.83. The predicted molar refractivity (Wildman–Crippen MR) is 191 cm³/mol. The van der Waals surface area contributed by atoms with Crippen LogP contribution in [0.1, 0.15) is 114 Å². The molecule has 3 rings (SSSR count). The Morgan fingerprint density at radius 1 is 0.959 bits per heavy atom. The second kappa shape index (κ2) is 15.5. The Bertz CT molecular complexity index is 1360. The fourth-order valence-corrected chi connectivity index (χ4v) is 9.11. The zero-order valence-corrected chi connectivity index (χ0v) is 32.5. The minimum atomic E-state index is -3.57. The lowest BCUT2D eigenvalue weighted by molar-refractivity contribution is -0.145. The smallest absolute Gasteiger partial charge is 0.315 e. The third-order valence-electron chi connectivity index (χ3n) is 10.8. The van der Waals surface area contributed by atoms with Crippen molar-refractivity contribution in [3.63, 3.8) is 0 Å². The predicted octanol–water partition coefficient (Wildman–Crippen LogP) is 3.70. The van der Waals surface area contributed by atoms with Gasteiger partial charge in [-0.25, -0.2) is 13.2 Å². The molecule has 0 spiro atoms. The minimum absolute atomic E-state index is 0.0478. The summed E-state index contributed by atoms with van der Waals surface area (Å²) in [5.41, 5.74) is -1.94. The number of Topliss-reactive ketones (excluding diaryl/α,β-unsaturated/α-hetero) is 1. The maximum atomic E-state index is 14.4. The number of sulfone groups is 1. The van der Waals surface area contributed by atoms with Gasteiger partial charge in [-0.3, -0.25) is 19.2 Å². The van der Waals surface area contributed by atoms with Crippen LogP contribution in [0.25, 0.3) is 0 Å². The van der Waals surface area contributed by atoms with Crippen LogP contribution >= 0.6 is 11.6 Å². The Kier molecular flexibility index (Phi) is 12.9. The molecule has 2 aliphatic carbocycles. The van der Waals surface area contributed by atoms with Crippen molar-refractivity contribution in [2.24, 2.45) is 22.7 Å². The molecule has 0 aromatic heterocycles. The molecule has 5 amide bonds. The summed E-state index contributed by atoms with van der Waals surface area (Å²) in [6, 6.07) is -3.62. The number of ketones is 1. The second-order valence-electron chi connectivity index (χ2n) is 17.0. The van der Waals surface area contributed by atoms with Crippen LogP contribution in [0.2, 0.25) is 0 Å². The van der Waals surface area contributed by atoms with Gasteiger partial charge in [0.15, 0.2) is 9.84 Å². The van der Waals surface area contributed by atoms with E-state index in [1.54, 1.807) is 20.8 Å². The van der Waals surface area contributed by atoms with Gasteiger partial charge in [-0.1, -0.05) is 73.6 Å². The summed E-state index contributed by atoms with van der Waals surface area (Å²) in [6.07, 6.45) is 5.15. The number of unbranched alkanes of at least 4 members (excludes halogenated alkanes) is 1. The van der Waals surface area contributed by atoms with E-state index >= 15 is 0 Å². The summed E-state index contributed by atoms with van der Waals surface area (Å²) in [7, 11) is -3.57. The van der Waals surface area contributed by atoms with E-state index in [0.717, 1.165) is 25.7 Å².